The van der Waals surface area contributed by atoms with Crippen LogP contribution in [0.2, 0.25) is 0 Å². The smallest absolute Gasteiger partial charge is 0.413 e. The molecule has 1 heterocycles. The van der Waals surface area contributed by atoms with Crippen LogP contribution >= 0.6 is 0 Å². The highest BCUT2D eigenvalue weighted by atomic mass is 16.6. The molecule has 2 aromatic rings. The van der Waals surface area contributed by atoms with Crippen LogP contribution in [0.15, 0.2) is 41.3 Å². The SMILES string of the molecule is O=C(Nc1[nH]c(=O)ncc1[N+](=O)[O-])OCc1ccccc1. The molecule has 0 bridgehead atoms. The third-order valence-corrected chi connectivity index (χ3v) is 2.43. The molecule has 9 nitrogen and oxygen atoms in total. The summed E-state index contributed by atoms with van der Waals surface area (Å²) in [4.78, 5) is 37.9. The van der Waals surface area contributed by atoms with Crippen LogP contribution < -0.4 is 11.0 Å². The summed E-state index contributed by atoms with van der Waals surface area (Å²) in [5.74, 6) is -0.377. The number of nitrogens with zero attached hydrogens (tertiary/aromatic N) is 2. The lowest BCUT2D eigenvalue weighted by Crippen LogP contribution is -2.20. The van der Waals surface area contributed by atoms with Gasteiger partial charge < -0.3 is 4.74 Å². The molecule has 108 valence electrons. The first-order valence-corrected chi connectivity index (χ1v) is 5.77. The summed E-state index contributed by atoms with van der Waals surface area (Å²) in [6, 6.07) is 8.88. The van der Waals surface area contributed by atoms with E-state index in [1.54, 1.807) is 24.3 Å². The van der Waals surface area contributed by atoms with E-state index in [1.165, 1.54) is 0 Å². The molecule has 0 fully saturated rings. The molecule has 0 aliphatic carbocycles. The molecule has 2 rings (SSSR count). The third kappa shape index (κ3) is 3.86. The van der Waals surface area contributed by atoms with Gasteiger partial charge in [0.2, 0.25) is 0 Å². The van der Waals surface area contributed by atoms with Gasteiger partial charge in [-0.2, -0.15) is 4.98 Å². The van der Waals surface area contributed by atoms with E-state index in [4.69, 9.17) is 4.74 Å². The first kappa shape index (κ1) is 14.2. The van der Waals surface area contributed by atoms with E-state index in [0.29, 0.717) is 0 Å². The zero-order chi connectivity index (χ0) is 15.2. The van der Waals surface area contributed by atoms with Gasteiger partial charge in [0, 0.05) is 0 Å². The van der Waals surface area contributed by atoms with Gasteiger partial charge in [-0.3, -0.25) is 20.4 Å². The third-order valence-electron chi connectivity index (χ3n) is 2.43. The van der Waals surface area contributed by atoms with Gasteiger partial charge in [0.25, 0.3) is 0 Å². The van der Waals surface area contributed by atoms with Crippen LogP contribution in [0, 0.1) is 10.1 Å². The number of anilines is 1. The maximum atomic E-state index is 11.6. The van der Waals surface area contributed by atoms with Gasteiger partial charge in [-0.25, -0.2) is 9.59 Å². The number of amides is 1. The van der Waals surface area contributed by atoms with Crippen molar-refractivity contribution in [3.8, 4) is 0 Å². The molecule has 0 aliphatic rings. The van der Waals surface area contributed by atoms with Gasteiger partial charge in [-0.15, -0.1) is 0 Å². The van der Waals surface area contributed by atoms with E-state index in [0.717, 1.165) is 11.8 Å². The van der Waals surface area contributed by atoms with Gasteiger partial charge in [0.15, 0.2) is 5.82 Å². The standard InChI is InChI=1S/C12H10N4O5/c17-11-13-6-9(16(19)20)10(14-11)15-12(18)21-7-8-4-2-1-3-5-8/h1-6H,7H2,(H2,13,14,15,17,18). The van der Waals surface area contributed by atoms with Crippen molar-refractivity contribution in [2.24, 2.45) is 0 Å². The Kier molecular flexibility index (Phi) is 4.24. The highest BCUT2D eigenvalue weighted by Crippen LogP contribution is 2.18. The number of aromatic nitrogens is 2. The van der Waals surface area contributed by atoms with Crippen molar-refractivity contribution >= 4 is 17.6 Å². The van der Waals surface area contributed by atoms with Crippen molar-refractivity contribution < 1.29 is 14.5 Å². The lowest BCUT2D eigenvalue weighted by atomic mass is 10.2. The van der Waals surface area contributed by atoms with Gasteiger partial charge >= 0.3 is 17.5 Å². The number of carbonyl (C=O) groups is 1. The molecule has 0 radical (unpaired) electrons. The highest BCUT2D eigenvalue weighted by molar-refractivity contribution is 5.85. The maximum Gasteiger partial charge on any atom is 0.413 e. The number of H-pyrrole nitrogens is 1. The van der Waals surface area contributed by atoms with Crippen molar-refractivity contribution in [3.63, 3.8) is 0 Å². The van der Waals surface area contributed by atoms with E-state index in [-0.39, 0.29) is 12.4 Å². The Morgan fingerprint density at radius 2 is 2.10 bits per heavy atom. The minimum Gasteiger partial charge on any atom is -0.444 e. The molecule has 9 heteroatoms. The minimum absolute atomic E-state index is 0.00418. The zero-order valence-electron chi connectivity index (χ0n) is 10.6. The van der Waals surface area contributed by atoms with Gasteiger partial charge in [0.05, 0.1) is 4.92 Å². The summed E-state index contributed by atoms with van der Waals surface area (Å²) in [5.41, 5.74) is -0.601. The molecule has 1 amide bonds. The van der Waals surface area contributed by atoms with Crippen LogP contribution in [0.25, 0.3) is 0 Å². The number of aromatic amines is 1. The Morgan fingerprint density at radius 3 is 2.76 bits per heavy atom. The van der Waals surface area contributed by atoms with Gasteiger partial charge in [0.1, 0.15) is 12.8 Å². The van der Waals surface area contributed by atoms with Crippen LogP contribution in [0.3, 0.4) is 0 Å². The lowest BCUT2D eigenvalue weighted by Gasteiger charge is -2.06. The summed E-state index contributed by atoms with van der Waals surface area (Å²) < 4.78 is 4.89. The Morgan fingerprint density at radius 1 is 1.38 bits per heavy atom. The van der Waals surface area contributed by atoms with Gasteiger partial charge in [-0.1, -0.05) is 30.3 Å². The van der Waals surface area contributed by atoms with Crippen LogP contribution in [-0.2, 0) is 11.3 Å². The van der Waals surface area contributed by atoms with Crippen LogP contribution in [0.5, 0.6) is 0 Å². The molecule has 1 aromatic heterocycles. The summed E-state index contributed by atoms with van der Waals surface area (Å²) in [7, 11) is 0. The number of hydrogen-bond donors (Lipinski definition) is 2. The molecule has 0 saturated carbocycles. The predicted octanol–water partition coefficient (Wildman–Crippen LogP) is 1.43. The molecular formula is C12H10N4O5. The molecule has 0 spiro atoms. The van der Waals surface area contributed by atoms with Crippen molar-refractivity contribution in [3.05, 3.63) is 62.7 Å². The molecule has 2 N–H and O–H groups in total. The second-order valence-electron chi connectivity index (χ2n) is 3.89. The van der Waals surface area contributed by atoms with Crippen molar-refractivity contribution in [1.82, 2.24) is 9.97 Å². The van der Waals surface area contributed by atoms with E-state index >= 15 is 0 Å². The molecule has 0 atom stereocenters. The first-order valence-electron chi connectivity index (χ1n) is 5.77. The second-order valence-corrected chi connectivity index (χ2v) is 3.89. The molecule has 0 saturated heterocycles. The molecule has 0 aliphatic heterocycles. The number of nitrogens with one attached hydrogen (secondary N) is 2. The summed E-state index contributed by atoms with van der Waals surface area (Å²) in [5, 5.41) is 12.8. The fourth-order valence-corrected chi connectivity index (χ4v) is 1.48. The fourth-order valence-electron chi connectivity index (χ4n) is 1.48. The first-order chi connectivity index (χ1) is 10.1. The van der Waals surface area contributed by atoms with E-state index in [1.807, 2.05) is 6.07 Å². The number of nitro groups is 1. The average Bonchev–Trinajstić information content (AvgIpc) is 2.46. The second kappa shape index (κ2) is 6.28. The maximum absolute atomic E-state index is 11.6. The van der Waals surface area contributed by atoms with E-state index in [9.17, 15) is 19.7 Å². The van der Waals surface area contributed by atoms with E-state index in [2.05, 4.69) is 15.3 Å². The lowest BCUT2D eigenvalue weighted by molar-refractivity contribution is -0.384. The fraction of sp³-hybridized carbons (Fsp3) is 0.0833. The number of ether oxygens (including phenoxy) is 1. The summed E-state index contributed by atoms with van der Waals surface area (Å²) >= 11 is 0. The average molecular weight is 290 g/mol. The molecular weight excluding hydrogens is 280 g/mol. The Bertz CT molecular complexity index is 713. The van der Waals surface area contributed by atoms with Crippen molar-refractivity contribution in [2.45, 2.75) is 6.61 Å². The summed E-state index contributed by atoms with van der Waals surface area (Å²) in [6.07, 6.45) is -0.171. The quantitative estimate of drug-likeness (QED) is 0.647. The zero-order valence-corrected chi connectivity index (χ0v) is 10.6. The molecule has 21 heavy (non-hydrogen) atoms. The van der Waals surface area contributed by atoms with Crippen LogP contribution in [-0.4, -0.2) is 21.0 Å². The molecule has 1 aromatic carbocycles. The minimum atomic E-state index is -0.927. The van der Waals surface area contributed by atoms with Crippen LogP contribution in [0.1, 0.15) is 5.56 Å². The normalized spacial score (nSPS) is 9.90. The van der Waals surface area contributed by atoms with E-state index < -0.39 is 22.4 Å². The Labute approximate surface area is 117 Å². The monoisotopic (exact) mass is 290 g/mol. The number of hydrogen-bond acceptors (Lipinski definition) is 6. The van der Waals surface area contributed by atoms with Gasteiger partial charge in [-0.05, 0) is 5.56 Å². The largest absolute Gasteiger partial charge is 0.444 e. The van der Waals surface area contributed by atoms with Crippen LogP contribution in [0.4, 0.5) is 16.3 Å². The molecule has 0 unspecified atom stereocenters. The van der Waals surface area contributed by atoms with Crippen molar-refractivity contribution in [2.75, 3.05) is 5.32 Å². The highest BCUT2D eigenvalue weighted by Gasteiger charge is 2.18. The Hall–Kier alpha value is -3.23. The Balaban J connectivity index is 2.04. The number of benzene rings is 1. The summed E-state index contributed by atoms with van der Waals surface area (Å²) in [6.45, 7) is -0.00418. The number of carbonyl (C=O) groups excluding carboxylic acids is 1. The number of rotatable bonds is 4. The van der Waals surface area contributed by atoms with Crippen molar-refractivity contribution in [1.29, 1.82) is 0 Å². The predicted molar refractivity (Wildman–Crippen MR) is 71.8 cm³/mol. The topological polar surface area (TPSA) is 127 Å².